The molecule has 0 aromatic heterocycles. The first-order valence-corrected chi connectivity index (χ1v) is 5.83. The van der Waals surface area contributed by atoms with Crippen LogP contribution in [0.15, 0.2) is 0 Å². The lowest BCUT2D eigenvalue weighted by Gasteiger charge is -2.23. The first kappa shape index (κ1) is 13.9. The van der Waals surface area contributed by atoms with Crippen molar-refractivity contribution in [2.45, 2.75) is 37.2 Å². The van der Waals surface area contributed by atoms with Crippen LogP contribution in [-0.4, -0.2) is 40.6 Å². The summed E-state index contributed by atoms with van der Waals surface area (Å²) in [7, 11) is -4.25. The van der Waals surface area contributed by atoms with Crippen LogP contribution >= 0.6 is 0 Å². The van der Waals surface area contributed by atoms with Gasteiger partial charge in [-0.2, -0.15) is 0 Å². The highest BCUT2D eigenvalue weighted by molar-refractivity contribution is 7.94. The zero-order chi connectivity index (χ0) is 12.4. The summed E-state index contributed by atoms with van der Waals surface area (Å²) >= 11 is 0. The summed E-state index contributed by atoms with van der Waals surface area (Å²) in [5.41, 5.74) is 0. The highest BCUT2D eigenvalue weighted by Gasteiger charge is 2.48. The quantitative estimate of drug-likeness (QED) is 0.704. The molecule has 15 heavy (non-hydrogen) atoms. The lowest BCUT2D eigenvalue weighted by molar-refractivity contribution is -0.139. The van der Waals surface area contributed by atoms with E-state index in [1.165, 1.54) is 6.92 Å². The predicted octanol–water partition coefficient (Wildman–Crippen LogP) is 0.128. The fourth-order valence-corrected chi connectivity index (χ4v) is 2.66. The Bertz CT molecular complexity index is 367. The average Bonchev–Trinajstić information content (AvgIpc) is 2.03. The number of rotatable bonds is 5. The van der Waals surface area contributed by atoms with Crippen molar-refractivity contribution in [3.05, 3.63) is 0 Å². The van der Waals surface area contributed by atoms with Gasteiger partial charge in [0.2, 0.25) is 0 Å². The predicted molar refractivity (Wildman–Crippen MR) is 52.3 cm³/mol. The molecule has 0 rings (SSSR count). The van der Waals surface area contributed by atoms with Crippen LogP contribution in [0.2, 0.25) is 0 Å². The van der Waals surface area contributed by atoms with Crippen molar-refractivity contribution in [1.29, 1.82) is 0 Å². The lowest BCUT2D eigenvalue weighted by Crippen LogP contribution is -2.48. The Balaban J connectivity index is 5.50. The third-order valence-corrected chi connectivity index (χ3v) is 5.13. The van der Waals surface area contributed by atoms with E-state index in [0.29, 0.717) is 0 Å². The summed E-state index contributed by atoms with van der Waals surface area (Å²) in [6.07, 6.45) is -0.158. The molecule has 1 unspecified atom stereocenters. The molecule has 0 aliphatic carbocycles. The number of aliphatic carboxylic acids is 2. The van der Waals surface area contributed by atoms with Gasteiger partial charge in [0.05, 0.1) is 0 Å². The Kier molecular flexibility index (Phi) is 3.87. The molecule has 0 amide bonds. The molecule has 0 saturated heterocycles. The Morgan fingerprint density at radius 2 is 1.67 bits per heavy atom. The average molecular weight is 238 g/mol. The van der Waals surface area contributed by atoms with Gasteiger partial charge in [-0.05, 0) is 20.3 Å². The van der Waals surface area contributed by atoms with Crippen molar-refractivity contribution in [3.8, 4) is 0 Å². The standard InChI is InChI=1S/C8H14O6S/c1-4-5(6(9)10)15(13,14)8(2,3)7(11)12/h5H,4H2,1-3H3,(H,9,10)(H,11,12). The van der Waals surface area contributed by atoms with Crippen molar-refractivity contribution in [3.63, 3.8) is 0 Å². The van der Waals surface area contributed by atoms with Gasteiger partial charge in [-0.3, -0.25) is 9.59 Å². The van der Waals surface area contributed by atoms with Crippen LogP contribution in [0.4, 0.5) is 0 Å². The highest BCUT2D eigenvalue weighted by atomic mass is 32.2. The van der Waals surface area contributed by atoms with Gasteiger partial charge >= 0.3 is 11.9 Å². The van der Waals surface area contributed by atoms with Crippen molar-refractivity contribution in [2.24, 2.45) is 0 Å². The monoisotopic (exact) mass is 238 g/mol. The molecule has 0 fully saturated rings. The molecule has 0 spiro atoms. The van der Waals surface area contributed by atoms with Crippen molar-refractivity contribution >= 4 is 21.8 Å². The molecule has 0 aromatic carbocycles. The minimum absolute atomic E-state index is 0.158. The van der Waals surface area contributed by atoms with E-state index in [1.54, 1.807) is 0 Å². The Labute approximate surface area is 87.8 Å². The van der Waals surface area contributed by atoms with Crippen molar-refractivity contribution in [1.82, 2.24) is 0 Å². The SMILES string of the molecule is CCC(C(=O)O)S(=O)(=O)C(C)(C)C(=O)O. The third kappa shape index (κ3) is 2.28. The largest absolute Gasteiger partial charge is 0.480 e. The molecule has 0 bridgehead atoms. The topological polar surface area (TPSA) is 109 Å². The lowest BCUT2D eigenvalue weighted by atomic mass is 10.2. The minimum Gasteiger partial charge on any atom is -0.480 e. The number of sulfone groups is 1. The maximum absolute atomic E-state index is 11.7. The van der Waals surface area contributed by atoms with Gasteiger partial charge in [0.15, 0.2) is 19.8 Å². The van der Waals surface area contributed by atoms with Crippen LogP contribution < -0.4 is 0 Å². The van der Waals surface area contributed by atoms with Gasteiger partial charge in [0.1, 0.15) is 0 Å². The number of carboxylic acid groups (broad SMARTS) is 2. The maximum Gasteiger partial charge on any atom is 0.324 e. The van der Waals surface area contributed by atoms with Crippen molar-refractivity contribution in [2.75, 3.05) is 0 Å². The van der Waals surface area contributed by atoms with E-state index in [4.69, 9.17) is 10.2 Å². The van der Waals surface area contributed by atoms with Gasteiger partial charge in [0.25, 0.3) is 0 Å². The first-order valence-electron chi connectivity index (χ1n) is 4.28. The minimum atomic E-state index is -4.25. The van der Waals surface area contributed by atoms with Crippen LogP contribution in [0, 0.1) is 0 Å². The normalized spacial score (nSPS) is 14.6. The molecule has 0 aromatic rings. The Morgan fingerprint density at radius 1 is 1.27 bits per heavy atom. The zero-order valence-electron chi connectivity index (χ0n) is 8.72. The molecule has 0 aliphatic rings. The Morgan fingerprint density at radius 3 is 1.87 bits per heavy atom. The highest BCUT2D eigenvalue weighted by Crippen LogP contribution is 2.23. The number of carboxylic acids is 2. The fraction of sp³-hybridized carbons (Fsp3) is 0.750. The third-order valence-electron chi connectivity index (χ3n) is 2.25. The van der Waals surface area contributed by atoms with E-state index >= 15 is 0 Å². The van der Waals surface area contributed by atoms with Gasteiger partial charge in [-0.15, -0.1) is 0 Å². The molecular formula is C8H14O6S. The second-order valence-electron chi connectivity index (χ2n) is 3.60. The second kappa shape index (κ2) is 4.18. The molecule has 7 heteroatoms. The zero-order valence-corrected chi connectivity index (χ0v) is 9.54. The molecular weight excluding hydrogens is 224 g/mol. The van der Waals surface area contributed by atoms with Crippen LogP contribution in [0.5, 0.6) is 0 Å². The van der Waals surface area contributed by atoms with Gasteiger partial charge in [-0.1, -0.05) is 6.92 Å². The van der Waals surface area contributed by atoms with Crippen LogP contribution in [-0.2, 0) is 19.4 Å². The summed E-state index contributed by atoms with van der Waals surface area (Å²) in [4.78, 5) is 21.4. The summed E-state index contributed by atoms with van der Waals surface area (Å²) in [5, 5.41) is 15.7. The molecule has 88 valence electrons. The number of hydrogen-bond acceptors (Lipinski definition) is 4. The summed E-state index contributed by atoms with van der Waals surface area (Å²) < 4.78 is 21.3. The Hall–Kier alpha value is -1.11. The number of hydrogen-bond donors (Lipinski definition) is 2. The van der Waals surface area contributed by atoms with E-state index in [1.807, 2.05) is 0 Å². The molecule has 1 atom stereocenters. The van der Waals surface area contributed by atoms with Gasteiger partial charge in [0, 0.05) is 0 Å². The van der Waals surface area contributed by atoms with Crippen LogP contribution in [0.1, 0.15) is 27.2 Å². The molecule has 0 heterocycles. The summed E-state index contributed by atoms with van der Waals surface area (Å²) in [6, 6.07) is 0. The molecule has 0 aliphatic heterocycles. The van der Waals surface area contributed by atoms with E-state index in [2.05, 4.69) is 0 Å². The molecule has 0 radical (unpaired) electrons. The first-order chi connectivity index (χ1) is 6.59. The molecule has 2 N–H and O–H groups in total. The summed E-state index contributed by atoms with van der Waals surface area (Å²) in [6.45, 7) is 3.35. The summed E-state index contributed by atoms with van der Waals surface area (Å²) in [5.74, 6) is -3.07. The van der Waals surface area contributed by atoms with E-state index < -0.39 is 31.8 Å². The van der Waals surface area contributed by atoms with Gasteiger partial charge < -0.3 is 10.2 Å². The van der Waals surface area contributed by atoms with Crippen molar-refractivity contribution < 1.29 is 28.2 Å². The van der Waals surface area contributed by atoms with E-state index in [0.717, 1.165) is 13.8 Å². The van der Waals surface area contributed by atoms with E-state index in [-0.39, 0.29) is 6.42 Å². The molecule has 6 nitrogen and oxygen atoms in total. The van der Waals surface area contributed by atoms with E-state index in [9.17, 15) is 18.0 Å². The second-order valence-corrected chi connectivity index (χ2v) is 6.28. The molecule has 0 saturated carbocycles. The smallest absolute Gasteiger partial charge is 0.324 e. The van der Waals surface area contributed by atoms with Crippen LogP contribution in [0.25, 0.3) is 0 Å². The van der Waals surface area contributed by atoms with Gasteiger partial charge in [-0.25, -0.2) is 8.42 Å². The maximum atomic E-state index is 11.7. The number of carbonyl (C=O) groups is 2. The fourth-order valence-electron chi connectivity index (χ4n) is 1.00. The van der Waals surface area contributed by atoms with Crippen LogP contribution in [0.3, 0.4) is 0 Å².